The average molecular weight is 263 g/mol. The van der Waals surface area contributed by atoms with Crippen LogP contribution in [-0.4, -0.2) is 46.3 Å². The third kappa shape index (κ3) is 2.83. The first kappa shape index (κ1) is 13.3. The van der Waals surface area contributed by atoms with Gasteiger partial charge in [-0.05, 0) is 25.0 Å². The lowest BCUT2D eigenvalue weighted by atomic mass is 10.2. The molecule has 6 nitrogen and oxygen atoms in total. The molecule has 1 aliphatic heterocycles. The monoisotopic (exact) mass is 263 g/mol. The summed E-state index contributed by atoms with van der Waals surface area (Å²) in [6.45, 7) is 0.592. The van der Waals surface area contributed by atoms with Crippen molar-refractivity contribution in [3.8, 4) is 0 Å². The van der Waals surface area contributed by atoms with E-state index < -0.39 is 6.04 Å². The van der Waals surface area contributed by atoms with E-state index in [4.69, 9.17) is 4.74 Å². The normalized spacial score (nSPS) is 19.1. The number of likely N-dealkylation sites (tertiary alicyclic amines) is 1. The van der Waals surface area contributed by atoms with Gasteiger partial charge >= 0.3 is 5.97 Å². The van der Waals surface area contributed by atoms with Gasteiger partial charge in [-0.2, -0.15) is 5.10 Å². The van der Waals surface area contributed by atoms with Crippen LogP contribution in [0.25, 0.3) is 6.08 Å². The number of hydrogen-bond donors (Lipinski definition) is 0. The van der Waals surface area contributed by atoms with Crippen LogP contribution in [0.5, 0.6) is 0 Å². The predicted molar refractivity (Wildman–Crippen MR) is 69.0 cm³/mol. The summed E-state index contributed by atoms with van der Waals surface area (Å²) >= 11 is 0. The van der Waals surface area contributed by atoms with Crippen LogP contribution < -0.4 is 0 Å². The maximum Gasteiger partial charge on any atom is 0.328 e. The number of hydrogen-bond acceptors (Lipinski definition) is 4. The van der Waals surface area contributed by atoms with E-state index >= 15 is 0 Å². The van der Waals surface area contributed by atoms with E-state index in [1.165, 1.54) is 13.2 Å². The second-order valence-electron chi connectivity index (χ2n) is 4.43. The van der Waals surface area contributed by atoms with Gasteiger partial charge in [0, 0.05) is 25.9 Å². The van der Waals surface area contributed by atoms with E-state index in [1.807, 2.05) is 6.07 Å². The smallest absolute Gasteiger partial charge is 0.328 e. The van der Waals surface area contributed by atoms with Gasteiger partial charge in [0.2, 0.25) is 5.91 Å². The molecule has 1 aromatic heterocycles. The summed E-state index contributed by atoms with van der Waals surface area (Å²) in [6.07, 6.45) is 6.32. The SMILES string of the molecule is COC(=O)C1CCCN1C(=O)/C=C/c1ccnn1C. The minimum atomic E-state index is -0.450. The van der Waals surface area contributed by atoms with Gasteiger partial charge in [-0.15, -0.1) is 0 Å². The molecule has 6 heteroatoms. The second-order valence-corrected chi connectivity index (χ2v) is 4.43. The van der Waals surface area contributed by atoms with Crippen LogP contribution in [0.3, 0.4) is 0 Å². The Morgan fingerprint density at radius 3 is 2.95 bits per heavy atom. The fourth-order valence-electron chi connectivity index (χ4n) is 2.21. The van der Waals surface area contributed by atoms with Crippen LogP contribution in [-0.2, 0) is 21.4 Å². The molecule has 1 unspecified atom stereocenters. The Labute approximate surface area is 111 Å². The van der Waals surface area contributed by atoms with Crippen molar-refractivity contribution in [2.45, 2.75) is 18.9 Å². The average Bonchev–Trinajstić information content (AvgIpc) is 3.04. The lowest BCUT2D eigenvalue weighted by molar-refractivity contribution is -0.149. The molecule has 0 N–H and O–H groups in total. The molecular weight excluding hydrogens is 246 g/mol. The van der Waals surface area contributed by atoms with Gasteiger partial charge in [-0.25, -0.2) is 4.79 Å². The Morgan fingerprint density at radius 1 is 1.53 bits per heavy atom. The Bertz CT molecular complexity index is 507. The first-order valence-corrected chi connectivity index (χ1v) is 6.18. The van der Waals surface area contributed by atoms with Crippen LogP contribution in [0, 0.1) is 0 Å². The number of nitrogens with zero attached hydrogens (tertiary/aromatic N) is 3. The number of carbonyl (C=O) groups excluding carboxylic acids is 2. The number of aromatic nitrogens is 2. The van der Waals surface area contributed by atoms with Crippen molar-refractivity contribution < 1.29 is 14.3 Å². The third-order valence-corrected chi connectivity index (χ3v) is 3.26. The lowest BCUT2D eigenvalue weighted by Crippen LogP contribution is -2.40. The number of aryl methyl sites for hydroxylation is 1. The van der Waals surface area contributed by atoms with Gasteiger partial charge in [0.05, 0.1) is 12.8 Å². The van der Waals surface area contributed by atoms with Gasteiger partial charge < -0.3 is 9.64 Å². The highest BCUT2D eigenvalue weighted by Crippen LogP contribution is 2.19. The molecule has 1 atom stereocenters. The van der Waals surface area contributed by atoms with Crippen molar-refractivity contribution in [2.24, 2.45) is 7.05 Å². The Kier molecular flexibility index (Phi) is 3.99. The summed E-state index contributed by atoms with van der Waals surface area (Å²) in [5, 5.41) is 4.01. The molecule has 2 heterocycles. The number of rotatable bonds is 3. The van der Waals surface area contributed by atoms with Crippen molar-refractivity contribution in [3.05, 3.63) is 24.0 Å². The van der Waals surface area contributed by atoms with Gasteiger partial charge in [-0.1, -0.05) is 0 Å². The van der Waals surface area contributed by atoms with Gasteiger partial charge in [-0.3, -0.25) is 9.48 Å². The molecule has 1 aromatic rings. The number of amides is 1. The summed E-state index contributed by atoms with van der Waals surface area (Å²) in [7, 11) is 3.14. The maximum absolute atomic E-state index is 12.1. The largest absolute Gasteiger partial charge is 0.467 e. The molecule has 19 heavy (non-hydrogen) atoms. The zero-order chi connectivity index (χ0) is 13.8. The van der Waals surface area contributed by atoms with Crippen LogP contribution in [0.2, 0.25) is 0 Å². The summed E-state index contributed by atoms with van der Waals surface area (Å²) in [5.74, 6) is -0.520. The number of ether oxygens (including phenoxy) is 1. The molecule has 102 valence electrons. The van der Waals surface area contributed by atoms with E-state index in [1.54, 1.807) is 28.9 Å². The van der Waals surface area contributed by atoms with E-state index in [0.29, 0.717) is 13.0 Å². The zero-order valence-corrected chi connectivity index (χ0v) is 11.1. The maximum atomic E-state index is 12.1. The van der Waals surface area contributed by atoms with Crippen LogP contribution in [0.4, 0.5) is 0 Å². The number of carbonyl (C=O) groups is 2. The summed E-state index contributed by atoms with van der Waals surface area (Å²) in [5.41, 5.74) is 0.835. The molecule has 1 amide bonds. The highest BCUT2D eigenvalue weighted by molar-refractivity contribution is 5.94. The molecule has 0 radical (unpaired) electrons. The summed E-state index contributed by atoms with van der Waals surface area (Å²) in [6, 6.07) is 1.36. The van der Waals surface area contributed by atoms with E-state index in [-0.39, 0.29) is 11.9 Å². The van der Waals surface area contributed by atoms with Crippen molar-refractivity contribution in [3.63, 3.8) is 0 Å². The minimum Gasteiger partial charge on any atom is -0.467 e. The van der Waals surface area contributed by atoms with Gasteiger partial charge in [0.1, 0.15) is 6.04 Å². The molecule has 1 saturated heterocycles. The van der Waals surface area contributed by atoms with Crippen molar-refractivity contribution in [1.82, 2.24) is 14.7 Å². The molecule has 0 spiro atoms. The van der Waals surface area contributed by atoms with Crippen molar-refractivity contribution >= 4 is 18.0 Å². The quantitative estimate of drug-likeness (QED) is 0.591. The van der Waals surface area contributed by atoms with E-state index in [9.17, 15) is 9.59 Å². The molecule has 0 bridgehead atoms. The Hall–Kier alpha value is -2.11. The fraction of sp³-hybridized carbons (Fsp3) is 0.462. The first-order chi connectivity index (χ1) is 9.13. The van der Waals surface area contributed by atoms with Crippen LogP contribution in [0.15, 0.2) is 18.3 Å². The van der Waals surface area contributed by atoms with Crippen LogP contribution >= 0.6 is 0 Å². The Morgan fingerprint density at radius 2 is 2.32 bits per heavy atom. The van der Waals surface area contributed by atoms with Gasteiger partial charge in [0.25, 0.3) is 0 Å². The van der Waals surface area contributed by atoms with Crippen molar-refractivity contribution in [2.75, 3.05) is 13.7 Å². The second kappa shape index (κ2) is 5.69. The molecule has 0 aromatic carbocycles. The molecular formula is C13H17N3O3. The highest BCUT2D eigenvalue weighted by Gasteiger charge is 2.33. The summed E-state index contributed by atoms with van der Waals surface area (Å²) in [4.78, 5) is 25.2. The molecule has 0 saturated carbocycles. The number of methoxy groups -OCH3 is 1. The van der Waals surface area contributed by atoms with Gasteiger partial charge in [0.15, 0.2) is 0 Å². The van der Waals surface area contributed by atoms with E-state index in [0.717, 1.165) is 12.1 Å². The fourth-order valence-corrected chi connectivity index (χ4v) is 2.21. The van der Waals surface area contributed by atoms with Crippen LogP contribution in [0.1, 0.15) is 18.5 Å². The predicted octanol–water partition coefficient (Wildman–Crippen LogP) is 0.597. The molecule has 1 fully saturated rings. The zero-order valence-electron chi connectivity index (χ0n) is 11.1. The highest BCUT2D eigenvalue weighted by atomic mass is 16.5. The molecule has 0 aliphatic carbocycles. The third-order valence-electron chi connectivity index (χ3n) is 3.26. The van der Waals surface area contributed by atoms with E-state index in [2.05, 4.69) is 5.10 Å². The van der Waals surface area contributed by atoms with Crippen molar-refractivity contribution in [1.29, 1.82) is 0 Å². The summed E-state index contributed by atoms with van der Waals surface area (Å²) < 4.78 is 6.39. The Balaban J connectivity index is 2.05. The standard InChI is InChI=1S/C13H17N3O3/c1-15-10(7-8-14-15)5-6-12(17)16-9-3-4-11(16)13(18)19-2/h5-8,11H,3-4,9H2,1-2H3/b6-5+. The lowest BCUT2D eigenvalue weighted by Gasteiger charge is -2.20. The molecule has 1 aliphatic rings. The molecule has 2 rings (SSSR count). The first-order valence-electron chi connectivity index (χ1n) is 6.18. The minimum absolute atomic E-state index is 0.172. The topological polar surface area (TPSA) is 64.4 Å². The number of esters is 1.